The first-order valence-electron chi connectivity index (χ1n) is 5.85. The first kappa shape index (κ1) is 15.0. The van der Waals surface area contributed by atoms with Crippen LogP contribution >= 0.6 is 0 Å². The summed E-state index contributed by atoms with van der Waals surface area (Å²) >= 11 is 0. The van der Waals surface area contributed by atoms with Gasteiger partial charge in [0, 0.05) is 6.04 Å². The van der Waals surface area contributed by atoms with Crippen molar-refractivity contribution in [3.63, 3.8) is 0 Å². The molecule has 1 amide bonds. The fraction of sp³-hybridized carbons (Fsp3) is 0.385. The fourth-order valence-electron chi connectivity index (χ4n) is 1.42. The molecule has 0 aliphatic rings. The monoisotopic (exact) mass is 266 g/mol. The van der Waals surface area contributed by atoms with E-state index in [9.17, 15) is 9.59 Å². The number of ether oxygens (including phenoxy) is 2. The molecule has 6 heteroatoms. The van der Waals surface area contributed by atoms with Gasteiger partial charge in [0.15, 0.2) is 0 Å². The molecule has 0 spiro atoms. The lowest BCUT2D eigenvalue weighted by molar-refractivity contribution is -0.143. The van der Waals surface area contributed by atoms with Gasteiger partial charge in [0.1, 0.15) is 12.6 Å². The highest BCUT2D eigenvalue weighted by Crippen LogP contribution is 2.01. The Labute approximate surface area is 111 Å². The first-order valence-corrected chi connectivity index (χ1v) is 5.85. The van der Waals surface area contributed by atoms with Gasteiger partial charge in [-0.25, -0.2) is 9.59 Å². The number of carbonyl (C=O) groups is 2. The number of rotatable bonds is 5. The predicted molar refractivity (Wildman–Crippen MR) is 69.2 cm³/mol. The maximum atomic E-state index is 11.6. The summed E-state index contributed by atoms with van der Waals surface area (Å²) in [5.74, 6) is -0.605. The molecule has 0 bridgehead atoms. The SMILES string of the molecule is COC(=O)[C@@H](NC(=O)OCc1ccccc1)C(C)N. The van der Waals surface area contributed by atoms with Crippen LogP contribution in [0.4, 0.5) is 4.79 Å². The summed E-state index contributed by atoms with van der Waals surface area (Å²) in [5, 5.41) is 2.38. The van der Waals surface area contributed by atoms with Crippen LogP contribution < -0.4 is 11.1 Å². The molecule has 0 saturated heterocycles. The van der Waals surface area contributed by atoms with Crippen LogP contribution in [-0.4, -0.2) is 31.3 Å². The standard InChI is InChI=1S/C13H18N2O4/c1-9(14)11(12(16)18-2)15-13(17)19-8-10-6-4-3-5-7-10/h3-7,9,11H,8,14H2,1-2H3,(H,15,17)/t9?,11-/m0/s1. The Balaban J connectivity index is 2.47. The molecule has 0 fully saturated rings. The Bertz CT molecular complexity index is 420. The lowest BCUT2D eigenvalue weighted by Crippen LogP contribution is -2.51. The molecule has 0 heterocycles. The molecule has 0 aliphatic heterocycles. The number of alkyl carbamates (subject to hydrolysis) is 1. The topological polar surface area (TPSA) is 90.6 Å². The lowest BCUT2D eigenvalue weighted by Gasteiger charge is -2.19. The quantitative estimate of drug-likeness (QED) is 0.769. The highest BCUT2D eigenvalue weighted by molar-refractivity contribution is 5.81. The average Bonchev–Trinajstić information content (AvgIpc) is 2.42. The van der Waals surface area contributed by atoms with Crippen molar-refractivity contribution in [3.8, 4) is 0 Å². The van der Waals surface area contributed by atoms with Crippen LogP contribution in [0.5, 0.6) is 0 Å². The number of esters is 1. The Hall–Kier alpha value is -2.08. The second-order valence-electron chi connectivity index (χ2n) is 4.07. The molecule has 1 rings (SSSR count). The largest absolute Gasteiger partial charge is 0.467 e. The molecule has 3 N–H and O–H groups in total. The number of carbonyl (C=O) groups excluding carboxylic acids is 2. The zero-order valence-electron chi connectivity index (χ0n) is 11.0. The van der Waals surface area contributed by atoms with Crippen molar-refractivity contribution in [2.24, 2.45) is 5.73 Å². The van der Waals surface area contributed by atoms with Crippen LogP contribution in [0, 0.1) is 0 Å². The second kappa shape index (κ2) is 7.38. The molecule has 0 saturated carbocycles. The van der Waals surface area contributed by atoms with Gasteiger partial charge in [0.2, 0.25) is 0 Å². The molecule has 0 aromatic heterocycles. The van der Waals surface area contributed by atoms with Gasteiger partial charge < -0.3 is 20.5 Å². The second-order valence-corrected chi connectivity index (χ2v) is 4.07. The molecular formula is C13H18N2O4. The van der Waals surface area contributed by atoms with Gasteiger partial charge in [-0.1, -0.05) is 30.3 Å². The molecular weight excluding hydrogens is 248 g/mol. The number of methoxy groups -OCH3 is 1. The van der Waals surface area contributed by atoms with E-state index in [1.807, 2.05) is 30.3 Å². The van der Waals surface area contributed by atoms with E-state index in [0.717, 1.165) is 5.56 Å². The van der Waals surface area contributed by atoms with Crippen molar-refractivity contribution >= 4 is 12.1 Å². The summed E-state index contributed by atoms with van der Waals surface area (Å²) in [4.78, 5) is 22.9. The third-order valence-electron chi connectivity index (χ3n) is 2.47. The number of hydrogen-bond acceptors (Lipinski definition) is 5. The van der Waals surface area contributed by atoms with Crippen LogP contribution in [0.15, 0.2) is 30.3 Å². The maximum absolute atomic E-state index is 11.6. The van der Waals surface area contributed by atoms with Gasteiger partial charge in [-0.2, -0.15) is 0 Å². The summed E-state index contributed by atoms with van der Waals surface area (Å²) < 4.78 is 9.54. The Morgan fingerprint density at radius 2 is 1.95 bits per heavy atom. The average molecular weight is 266 g/mol. The summed E-state index contributed by atoms with van der Waals surface area (Å²) in [6.07, 6.45) is -0.712. The molecule has 0 radical (unpaired) electrons. The van der Waals surface area contributed by atoms with E-state index in [1.165, 1.54) is 7.11 Å². The number of hydrogen-bond donors (Lipinski definition) is 2. The van der Waals surface area contributed by atoms with E-state index in [-0.39, 0.29) is 6.61 Å². The summed E-state index contributed by atoms with van der Waals surface area (Å²) in [6, 6.07) is 7.72. The first-order chi connectivity index (χ1) is 9.04. The van der Waals surface area contributed by atoms with Crippen molar-refractivity contribution < 1.29 is 19.1 Å². The Kier molecular flexibility index (Phi) is 5.81. The van der Waals surface area contributed by atoms with Crippen LogP contribution in [0.2, 0.25) is 0 Å². The molecule has 0 aliphatic carbocycles. The van der Waals surface area contributed by atoms with Crippen molar-refractivity contribution in [3.05, 3.63) is 35.9 Å². The van der Waals surface area contributed by atoms with Gasteiger partial charge in [0.25, 0.3) is 0 Å². The van der Waals surface area contributed by atoms with Gasteiger partial charge >= 0.3 is 12.1 Å². The minimum atomic E-state index is -0.923. The number of amides is 1. The maximum Gasteiger partial charge on any atom is 0.408 e. The third kappa shape index (κ3) is 4.97. The van der Waals surface area contributed by atoms with Crippen molar-refractivity contribution in [2.75, 3.05) is 7.11 Å². The number of benzene rings is 1. The van der Waals surface area contributed by atoms with Gasteiger partial charge in [-0.15, -0.1) is 0 Å². The Morgan fingerprint density at radius 1 is 1.32 bits per heavy atom. The normalized spacial score (nSPS) is 13.2. The van der Waals surface area contributed by atoms with E-state index < -0.39 is 24.1 Å². The Morgan fingerprint density at radius 3 is 2.47 bits per heavy atom. The third-order valence-corrected chi connectivity index (χ3v) is 2.47. The zero-order chi connectivity index (χ0) is 14.3. The van der Waals surface area contributed by atoms with Gasteiger partial charge in [-0.05, 0) is 12.5 Å². The van der Waals surface area contributed by atoms with Gasteiger partial charge in [0.05, 0.1) is 7.11 Å². The van der Waals surface area contributed by atoms with Crippen LogP contribution in [0.25, 0.3) is 0 Å². The number of nitrogens with two attached hydrogens (primary N) is 1. The van der Waals surface area contributed by atoms with Gasteiger partial charge in [-0.3, -0.25) is 0 Å². The van der Waals surface area contributed by atoms with Crippen LogP contribution in [-0.2, 0) is 20.9 Å². The van der Waals surface area contributed by atoms with Crippen molar-refractivity contribution in [1.29, 1.82) is 0 Å². The molecule has 6 nitrogen and oxygen atoms in total. The molecule has 1 unspecified atom stereocenters. The minimum Gasteiger partial charge on any atom is -0.467 e. The van der Waals surface area contributed by atoms with E-state index in [1.54, 1.807) is 6.92 Å². The summed E-state index contributed by atoms with van der Waals surface area (Å²) in [5.41, 5.74) is 6.45. The molecule has 2 atom stereocenters. The molecule has 104 valence electrons. The minimum absolute atomic E-state index is 0.125. The van der Waals surface area contributed by atoms with E-state index >= 15 is 0 Å². The number of nitrogens with one attached hydrogen (secondary N) is 1. The lowest BCUT2D eigenvalue weighted by atomic mass is 10.1. The van der Waals surface area contributed by atoms with E-state index in [2.05, 4.69) is 10.1 Å². The summed E-state index contributed by atoms with van der Waals surface area (Å²) in [6.45, 7) is 1.72. The van der Waals surface area contributed by atoms with Crippen molar-refractivity contribution in [1.82, 2.24) is 5.32 Å². The van der Waals surface area contributed by atoms with Crippen LogP contribution in [0.3, 0.4) is 0 Å². The highest BCUT2D eigenvalue weighted by atomic mass is 16.6. The fourth-order valence-corrected chi connectivity index (χ4v) is 1.42. The summed E-state index contributed by atoms with van der Waals surface area (Å²) in [7, 11) is 1.23. The predicted octanol–water partition coefficient (Wildman–Crippen LogP) is 0.802. The zero-order valence-corrected chi connectivity index (χ0v) is 11.0. The van der Waals surface area contributed by atoms with E-state index in [0.29, 0.717) is 0 Å². The van der Waals surface area contributed by atoms with Crippen molar-refractivity contribution in [2.45, 2.75) is 25.6 Å². The van der Waals surface area contributed by atoms with Crippen LogP contribution in [0.1, 0.15) is 12.5 Å². The molecule has 1 aromatic carbocycles. The smallest absolute Gasteiger partial charge is 0.408 e. The molecule has 19 heavy (non-hydrogen) atoms. The molecule has 1 aromatic rings. The highest BCUT2D eigenvalue weighted by Gasteiger charge is 2.25. The van der Waals surface area contributed by atoms with E-state index in [4.69, 9.17) is 10.5 Å².